The quantitative estimate of drug-likeness (QED) is 0.803. The van der Waals surface area contributed by atoms with Gasteiger partial charge in [-0.25, -0.2) is 0 Å². The highest BCUT2D eigenvalue weighted by Gasteiger charge is 2.09. The molecule has 0 bridgehead atoms. The molecular formula is C13H18N4O. The molecule has 0 unspecified atom stereocenters. The Bertz CT molecular complexity index is 526. The van der Waals surface area contributed by atoms with Crippen LogP contribution in [0.15, 0.2) is 24.3 Å². The van der Waals surface area contributed by atoms with E-state index in [1.807, 2.05) is 35.9 Å². The number of ether oxygens (including phenoxy) is 1. The lowest BCUT2D eigenvalue weighted by Gasteiger charge is -2.05. The Labute approximate surface area is 106 Å². The van der Waals surface area contributed by atoms with Crippen molar-refractivity contribution in [1.29, 1.82) is 0 Å². The van der Waals surface area contributed by atoms with Gasteiger partial charge in [0.2, 0.25) is 0 Å². The summed E-state index contributed by atoms with van der Waals surface area (Å²) in [6, 6.07) is 7.64. The van der Waals surface area contributed by atoms with Gasteiger partial charge in [-0.15, -0.1) is 0 Å². The number of rotatable bonds is 4. The number of methoxy groups -OCH3 is 1. The number of nitrogens with zero attached hydrogens (tertiary/aromatic N) is 2. The van der Waals surface area contributed by atoms with E-state index in [2.05, 4.69) is 5.10 Å². The van der Waals surface area contributed by atoms with Crippen LogP contribution < -0.4 is 16.2 Å². The van der Waals surface area contributed by atoms with Gasteiger partial charge in [0.1, 0.15) is 5.75 Å². The Balaban J connectivity index is 2.42. The maximum Gasteiger partial charge on any atom is 0.141 e. The minimum absolute atomic E-state index is 0.479. The van der Waals surface area contributed by atoms with Gasteiger partial charge in [0, 0.05) is 18.7 Å². The molecule has 96 valence electrons. The van der Waals surface area contributed by atoms with E-state index in [0.29, 0.717) is 18.0 Å². The van der Waals surface area contributed by atoms with Gasteiger partial charge < -0.3 is 16.2 Å². The second-order valence-electron chi connectivity index (χ2n) is 4.00. The van der Waals surface area contributed by atoms with E-state index in [9.17, 15) is 0 Å². The summed E-state index contributed by atoms with van der Waals surface area (Å²) in [6.07, 6.45) is 0. The highest BCUT2D eigenvalue weighted by atomic mass is 16.5. The lowest BCUT2D eigenvalue weighted by Crippen LogP contribution is -2.06. The molecule has 0 aliphatic rings. The molecule has 0 fully saturated rings. The van der Waals surface area contributed by atoms with Crippen molar-refractivity contribution in [3.63, 3.8) is 0 Å². The Kier molecular flexibility index (Phi) is 3.53. The lowest BCUT2D eigenvalue weighted by molar-refractivity contribution is 0.417. The van der Waals surface area contributed by atoms with Crippen molar-refractivity contribution in [2.24, 2.45) is 5.73 Å². The first-order valence-electron chi connectivity index (χ1n) is 5.90. The van der Waals surface area contributed by atoms with Crippen LogP contribution in [0.25, 0.3) is 11.3 Å². The van der Waals surface area contributed by atoms with Gasteiger partial charge in [-0.1, -0.05) is 0 Å². The fraction of sp³-hybridized carbons (Fsp3) is 0.308. The van der Waals surface area contributed by atoms with Crippen molar-refractivity contribution in [1.82, 2.24) is 9.78 Å². The van der Waals surface area contributed by atoms with Crippen molar-refractivity contribution >= 4 is 5.69 Å². The number of benzene rings is 1. The number of aryl methyl sites for hydroxylation is 1. The van der Waals surface area contributed by atoms with Gasteiger partial charge in [0.15, 0.2) is 0 Å². The predicted molar refractivity (Wildman–Crippen MR) is 72.2 cm³/mol. The van der Waals surface area contributed by atoms with E-state index in [0.717, 1.165) is 23.5 Å². The Hall–Kier alpha value is -2.01. The smallest absolute Gasteiger partial charge is 0.141 e. The van der Waals surface area contributed by atoms with Gasteiger partial charge in [-0.05, 0) is 31.2 Å². The summed E-state index contributed by atoms with van der Waals surface area (Å²) in [4.78, 5) is 0. The number of nitrogen functional groups attached to an aromatic ring is 1. The predicted octanol–water partition coefficient (Wildman–Crippen LogP) is 1.62. The largest absolute Gasteiger partial charge is 0.495 e. The van der Waals surface area contributed by atoms with E-state index in [1.54, 1.807) is 7.11 Å². The van der Waals surface area contributed by atoms with Crippen molar-refractivity contribution < 1.29 is 4.74 Å². The number of hydrogen-bond donors (Lipinski definition) is 2. The summed E-state index contributed by atoms with van der Waals surface area (Å²) in [5.74, 6) is 0.674. The molecule has 1 aromatic heterocycles. The molecule has 0 saturated carbocycles. The summed E-state index contributed by atoms with van der Waals surface area (Å²) in [7, 11) is 1.60. The van der Waals surface area contributed by atoms with Crippen molar-refractivity contribution in [3.05, 3.63) is 30.0 Å². The highest BCUT2D eigenvalue weighted by molar-refractivity contribution is 5.68. The second kappa shape index (κ2) is 5.10. The van der Waals surface area contributed by atoms with Gasteiger partial charge in [-0.2, -0.15) is 5.10 Å². The third-order valence-electron chi connectivity index (χ3n) is 2.90. The topological polar surface area (TPSA) is 79.1 Å². The van der Waals surface area contributed by atoms with E-state index in [1.165, 1.54) is 0 Å². The Morgan fingerprint density at radius 1 is 1.33 bits per heavy atom. The van der Waals surface area contributed by atoms with Crippen molar-refractivity contribution in [3.8, 4) is 17.0 Å². The molecule has 0 radical (unpaired) electrons. The van der Waals surface area contributed by atoms with Crippen molar-refractivity contribution in [2.75, 3.05) is 12.8 Å². The fourth-order valence-electron chi connectivity index (χ4n) is 1.93. The fourth-order valence-corrected chi connectivity index (χ4v) is 1.93. The first kappa shape index (κ1) is 12.4. The minimum Gasteiger partial charge on any atom is -0.495 e. The molecule has 0 aliphatic heterocycles. The zero-order valence-corrected chi connectivity index (χ0v) is 10.7. The summed E-state index contributed by atoms with van der Waals surface area (Å²) >= 11 is 0. The van der Waals surface area contributed by atoms with Crippen LogP contribution in [0.5, 0.6) is 5.75 Å². The van der Waals surface area contributed by atoms with E-state index in [4.69, 9.17) is 16.2 Å². The lowest BCUT2D eigenvalue weighted by atomic mass is 10.1. The first-order chi connectivity index (χ1) is 8.69. The van der Waals surface area contributed by atoms with Crippen molar-refractivity contribution in [2.45, 2.75) is 20.0 Å². The average Bonchev–Trinajstić information content (AvgIpc) is 2.81. The molecule has 0 aliphatic carbocycles. The SMILES string of the molecule is CCn1nc(-c2ccc(OC)c(N)c2)cc1CN. The normalized spacial score (nSPS) is 10.6. The summed E-state index contributed by atoms with van der Waals surface area (Å²) in [5.41, 5.74) is 15.1. The molecule has 5 heteroatoms. The molecule has 4 N–H and O–H groups in total. The molecule has 0 saturated heterocycles. The number of aromatic nitrogens is 2. The maximum atomic E-state index is 5.89. The van der Waals surface area contributed by atoms with Gasteiger partial charge >= 0.3 is 0 Å². The zero-order chi connectivity index (χ0) is 13.1. The molecular weight excluding hydrogens is 228 g/mol. The maximum absolute atomic E-state index is 5.89. The summed E-state index contributed by atoms with van der Waals surface area (Å²) < 4.78 is 7.04. The molecule has 1 heterocycles. The van der Waals surface area contributed by atoms with Gasteiger partial charge in [0.25, 0.3) is 0 Å². The Morgan fingerprint density at radius 2 is 2.11 bits per heavy atom. The monoisotopic (exact) mass is 246 g/mol. The molecule has 0 atom stereocenters. The van der Waals surface area contributed by atoms with Crippen LogP contribution in [0.3, 0.4) is 0 Å². The third-order valence-corrected chi connectivity index (χ3v) is 2.90. The minimum atomic E-state index is 0.479. The molecule has 1 aromatic carbocycles. The second-order valence-corrected chi connectivity index (χ2v) is 4.00. The standard InChI is InChI=1S/C13H18N4O/c1-3-17-10(8-14)7-12(16-17)9-4-5-13(18-2)11(15)6-9/h4-7H,3,8,14-15H2,1-2H3. The van der Waals surface area contributed by atoms with Crippen LogP contribution in [0, 0.1) is 0 Å². The Morgan fingerprint density at radius 3 is 2.61 bits per heavy atom. The van der Waals surface area contributed by atoms with Crippen LogP contribution in [0.1, 0.15) is 12.6 Å². The average molecular weight is 246 g/mol. The molecule has 5 nitrogen and oxygen atoms in total. The summed E-state index contributed by atoms with van der Waals surface area (Å²) in [5, 5.41) is 4.51. The van der Waals surface area contributed by atoms with E-state index in [-0.39, 0.29) is 0 Å². The zero-order valence-electron chi connectivity index (χ0n) is 10.7. The first-order valence-corrected chi connectivity index (χ1v) is 5.90. The molecule has 0 amide bonds. The van der Waals surface area contributed by atoms with E-state index >= 15 is 0 Å². The molecule has 0 spiro atoms. The van der Waals surface area contributed by atoms with Crippen LogP contribution in [0.2, 0.25) is 0 Å². The van der Waals surface area contributed by atoms with Gasteiger partial charge in [-0.3, -0.25) is 4.68 Å². The third kappa shape index (κ3) is 2.17. The highest BCUT2D eigenvalue weighted by Crippen LogP contribution is 2.28. The van der Waals surface area contributed by atoms with Crippen LogP contribution in [-0.2, 0) is 13.1 Å². The number of anilines is 1. The van der Waals surface area contributed by atoms with Gasteiger partial charge in [0.05, 0.1) is 24.2 Å². The molecule has 18 heavy (non-hydrogen) atoms. The molecule has 2 rings (SSSR count). The van der Waals surface area contributed by atoms with Crippen LogP contribution >= 0.6 is 0 Å². The number of nitrogens with two attached hydrogens (primary N) is 2. The molecule has 2 aromatic rings. The van der Waals surface area contributed by atoms with Crippen LogP contribution in [-0.4, -0.2) is 16.9 Å². The summed E-state index contributed by atoms with van der Waals surface area (Å²) in [6.45, 7) is 3.32. The number of hydrogen-bond acceptors (Lipinski definition) is 4. The van der Waals surface area contributed by atoms with E-state index < -0.39 is 0 Å². The van der Waals surface area contributed by atoms with Crippen LogP contribution in [0.4, 0.5) is 5.69 Å².